The predicted molar refractivity (Wildman–Crippen MR) is 119 cm³/mol. The van der Waals surface area contributed by atoms with Crippen molar-refractivity contribution in [1.29, 1.82) is 0 Å². The van der Waals surface area contributed by atoms with Crippen molar-refractivity contribution in [2.75, 3.05) is 46.3 Å². The van der Waals surface area contributed by atoms with Crippen molar-refractivity contribution in [2.24, 2.45) is 4.99 Å². The zero-order valence-corrected chi connectivity index (χ0v) is 17.8. The van der Waals surface area contributed by atoms with Crippen molar-refractivity contribution in [3.8, 4) is 0 Å². The minimum Gasteiger partial charge on any atom is -0.356 e. The summed E-state index contributed by atoms with van der Waals surface area (Å²) in [5.74, 6) is 0.844. The van der Waals surface area contributed by atoms with Crippen molar-refractivity contribution in [3.63, 3.8) is 0 Å². The molecule has 0 amide bonds. The summed E-state index contributed by atoms with van der Waals surface area (Å²) in [5.41, 5.74) is 2.74. The van der Waals surface area contributed by atoms with Gasteiger partial charge in [0.1, 0.15) is 0 Å². The molecule has 2 N–H and O–H groups in total. The first-order chi connectivity index (χ1) is 14.3. The first-order valence-electron chi connectivity index (χ1n) is 10.7. The van der Waals surface area contributed by atoms with Crippen LogP contribution in [-0.2, 0) is 19.6 Å². The summed E-state index contributed by atoms with van der Waals surface area (Å²) < 4.78 is 1.95. The summed E-state index contributed by atoms with van der Waals surface area (Å²) in [7, 11) is 1.82. The Morgan fingerprint density at radius 1 is 1.03 bits per heavy atom. The first kappa shape index (κ1) is 21.3. The maximum atomic E-state index is 4.36. The third kappa shape index (κ3) is 6.87. The molecular formula is C22H35N7. The predicted octanol–water partition coefficient (Wildman–Crippen LogP) is 1.78. The van der Waals surface area contributed by atoms with E-state index in [0.29, 0.717) is 0 Å². The summed E-state index contributed by atoms with van der Waals surface area (Å²) in [6, 6.07) is 10.7. The summed E-state index contributed by atoms with van der Waals surface area (Å²) in [5, 5.41) is 11.1. The fourth-order valence-electron chi connectivity index (χ4n) is 3.67. The average Bonchev–Trinajstić information content (AvgIpc) is 3.28. The van der Waals surface area contributed by atoms with Gasteiger partial charge in [0.05, 0.1) is 0 Å². The second-order valence-electron chi connectivity index (χ2n) is 7.45. The van der Waals surface area contributed by atoms with Gasteiger partial charge in [0, 0.05) is 71.8 Å². The monoisotopic (exact) mass is 397 g/mol. The maximum Gasteiger partial charge on any atom is 0.191 e. The molecule has 7 nitrogen and oxygen atoms in total. The third-order valence-electron chi connectivity index (χ3n) is 5.51. The van der Waals surface area contributed by atoms with Crippen molar-refractivity contribution >= 4 is 5.96 Å². The molecule has 1 aromatic heterocycles. The van der Waals surface area contributed by atoms with Crippen LogP contribution in [0.25, 0.3) is 0 Å². The number of nitrogens with one attached hydrogen (secondary N) is 2. The van der Waals surface area contributed by atoms with Crippen molar-refractivity contribution in [2.45, 2.75) is 33.0 Å². The zero-order valence-electron chi connectivity index (χ0n) is 17.8. The Bertz CT molecular complexity index is 733. The molecule has 1 fully saturated rings. The van der Waals surface area contributed by atoms with Crippen LogP contribution in [0.1, 0.15) is 24.5 Å². The molecule has 0 bridgehead atoms. The normalized spacial score (nSPS) is 16.1. The Labute approximate surface area is 174 Å². The van der Waals surface area contributed by atoms with E-state index in [-0.39, 0.29) is 0 Å². The fourth-order valence-corrected chi connectivity index (χ4v) is 3.67. The van der Waals surface area contributed by atoms with Crippen LogP contribution in [0.15, 0.2) is 47.7 Å². The molecular weight excluding hydrogens is 362 g/mol. The van der Waals surface area contributed by atoms with Gasteiger partial charge < -0.3 is 15.5 Å². The lowest BCUT2D eigenvalue weighted by atomic mass is 10.1. The molecule has 0 radical (unpaired) electrons. The lowest BCUT2D eigenvalue weighted by Crippen LogP contribution is -2.45. The lowest BCUT2D eigenvalue weighted by Gasteiger charge is -2.34. The number of rotatable bonds is 9. The third-order valence-corrected chi connectivity index (χ3v) is 5.51. The van der Waals surface area contributed by atoms with E-state index in [1.54, 1.807) is 0 Å². The number of benzene rings is 1. The maximum absolute atomic E-state index is 4.36. The lowest BCUT2D eigenvalue weighted by molar-refractivity contribution is 0.131. The van der Waals surface area contributed by atoms with Gasteiger partial charge in [-0.25, -0.2) is 0 Å². The number of aromatic nitrogens is 2. The van der Waals surface area contributed by atoms with Gasteiger partial charge in [0.2, 0.25) is 0 Å². The average molecular weight is 398 g/mol. The van der Waals surface area contributed by atoms with Crippen LogP contribution in [0.2, 0.25) is 0 Å². The van der Waals surface area contributed by atoms with Crippen LogP contribution in [0.4, 0.5) is 0 Å². The molecule has 0 spiro atoms. The number of likely N-dealkylation sites (N-methyl/N-ethyl adjacent to an activating group) is 1. The van der Waals surface area contributed by atoms with Crippen LogP contribution in [0.3, 0.4) is 0 Å². The molecule has 1 aliphatic heterocycles. The number of guanidine groups is 1. The zero-order chi connectivity index (χ0) is 20.3. The van der Waals surface area contributed by atoms with E-state index in [9.17, 15) is 0 Å². The molecule has 1 aliphatic rings. The van der Waals surface area contributed by atoms with Gasteiger partial charge in [0.25, 0.3) is 0 Å². The molecule has 0 aliphatic carbocycles. The Morgan fingerprint density at radius 2 is 1.79 bits per heavy atom. The van der Waals surface area contributed by atoms with E-state index in [0.717, 1.165) is 58.2 Å². The summed E-state index contributed by atoms with van der Waals surface area (Å²) in [4.78, 5) is 9.44. The van der Waals surface area contributed by atoms with Crippen LogP contribution >= 0.6 is 0 Å². The molecule has 29 heavy (non-hydrogen) atoms. The number of hydrogen-bond acceptors (Lipinski definition) is 4. The molecule has 2 heterocycles. The molecule has 0 unspecified atom stereocenters. The molecule has 158 valence electrons. The minimum absolute atomic E-state index is 0.782. The van der Waals surface area contributed by atoms with Gasteiger partial charge >= 0.3 is 0 Å². The summed E-state index contributed by atoms with van der Waals surface area (Å²) in [6.07, 6.45) is 4.81. The van der Waals surface area contributed by atoms with E-state index in [1.807, 2.05) is 30.2 Å². The van der Waals surface area contributed by atoms with Crippen molar-refractivity contribution in [1.82, 2.24) is 30.2 Å². The van der Waals surface area contributed by atoms with Crippen LogP contribution in [0.5, 0.6) is 0 Å². The Balaban J connectivity index is 1.44. The highest BCUT2D eigenvalue weighted by Gasteiger charge is 2.16. The second kappa shape index (κ2) is 11.6. The molecule has 0 saturated carbocycles. The van der Waals surface area contributed by atoms with Gasteiger partial charge in [0.15, 0.2) is 5.96 Å². The van der Waals surface area contributed by atoms with Gasteiger partial charge in [-0.1, -0.05) is 31.2 Å². The quantitative estimate of drug-likeness (QED) is 0.384. The number of aryl methyl sites for hydroxylation is 1. The highest BCUT2D eigenvalue weighted by Crippen LogP contribution is 2.13. The van der Waals surface area contributed by atoms with Crippen molar-refractivity contribution < 1.29 is 0 Å². The van der Waals surface area contributed by atoms with Crippen LogP contribution in [-0.4, -0.2) is 71.9 Å². The fraction of sp³-hybridized carbons (Fsp3) is 0.545. The highest BCUT2D eigenvalue weighted by atomic mass is 15.3. The van der Waals surface area contributed by atoms with E-state index in [1.165, 1.54) is 24.2 Å². The molecule has 3 rings (SSSR count). The van der Waals surface area contributed by atoms with E-state index < -0.39 is 0 Å². The first-order valence-corrected chi connectivity index (χ1v) is 10.7. The number of hydrogen-bond donors (Lipinski definition) is 2. The topological polar surface area (TPSA) is 60.7 Å². The Hall–Kier alpha value is -2.38. The second-order valence-corrected chi connectivity index (χ2v) is 7.45. The van der Waals surface area contributed by atoms with E-state index in [2.05, 4.69) is 61.7 Å². The standard InChI is InChI=1S/C22H35N7/c1-3-27-14-16-28(17-15-27)19-21-9-5-4-8-20(21)18-25-22(23-2)24-10-6-12-29-13-7-11-26-29/h4-5,7-9,11,13H,3,6,10,12,14-19H2,1-2H3,(H2,23,24,25). The van der Waals surface area contributed by atoms with Crippen LogP contribution < -0.4 is 10.6 Å². The Morgan fingerprint density at radius 3 is 2.48 bits per heavy atom. The summed E-state index contributed by atoms with van der Waals surface area (Å²) in [6.45, 7) is 11.6. The van der Waals surface area contributed by atoms with Crippen molar-refractivity contribution in [3.05, 3.63) is 53.9 Å². The summed E-state index contributed by atoms with van der Waals surface area (Å²) >= 11 is 0. The van der Waals surface area contributed by atoms with Gasteiger partial charge in [-0.2, -0.15) is 5.10 Å². The number of aliphatic imine (C=N–C) groups is 1. The number of nitrogens with zero attached hydrogens (tertiary/aromatic N) is 5. The molecule has 1 saturated heterocycles. The number of piperazine rings is 1. The van der Waals surface area contributed by atoms with Gasteiger partial charge in [-0.3, -0.25) is 14.6 Å². The Kier molecular flexibility index (Phi) is 8.52. The van der Waals surface area contributed by atoms with E-state index in [4.69, 9.17) is 0 Å². The van der Waals surface area contributed by atoms with Crippen LogP contribution in [0, 0.1) is 0 Å². The van der Waals surface area contributed by atoms with Gasteiger partial charge in [-0.05, 0) is 30.2 Å². The van der Waals surface area contributed by atoms with E-state index >= 15 is 0 Å². The molecule has 7 heteroatoms. The largest absolute Gasteiger partial charge is 0.356 e. The smallest absolute Gasteiger partial charge is 0.191 e. The molecule has 2 aromatic rings. The van der Waals surface area contributed by atoms with Gasteiger partial charge in [-0.15, -0.1) is 0 Å². The highest BCUT2D eigenvalue weighted by molar-refractivity contribution is 5.79. The SMILES string of the molecule is CCN1CCN(Cc2ccccc2CNC(=NC)NCCCn2cccn2)CC1. The minimum atomic E-state index is 0.782. The molecule has 0 atom stereocenters. The molecule has 1 aromatic carbocycles.